The van der Waals surface area contributed by atoms with Gasteiger partial charge in [-0.3, -0.25) is 4.79 Å². The molecule has 0 aromatic rings. The summed E-state index contributed by atoms with van der Waals surface area (Å²) >= 11 is 0. The number of ether oxygens (including phenoxy) is 2. The quantitative estimate of drug-likeness (QED) is 0.641. The number of rotatable bonds is 4. The first-order valence-electron chi connectivity index (χ1n) is 3.63. The van der Waals surface area contributed by atoms with E-state index < -0.39 is 5.97 Å². The van der Waals surface area contributed by atoms with Crippen LogP contribution in [0.2, 0.25) is 0 Å². The minimum absolute atomic E-state index is 0.0660. The number of carboxylic acids is 1. The Morgan fingerprint density at radius 1 is 1.82 bits per heavy atom. The monoisotopic (exact) mass is 160 g/mol. The van der Waals surface area contributed by atoms with E-state index in [1.165, 1.54) is 0 Å². The molecule has 1 heterocycles. The Balaban J connectivity index is 2.09. The van der Waals surface area contributed by atoms with Crippen LogP contribution in [0.25, 0.3) is 0 Å². The third-order valence-electron chi connectivity index (χ3n) is 1.49. The summed E-state index contributed by atoms with van der Waals surface area (Å²) in [7, 11) is 0. The molecule has 0 amide bonds. The van der Waals surface area contributed by atoms with Gasteiger partial charge >= 0.3 is 5.97 Å². The molecule has 4 nitrogen and oxygen atoms in total. The van der Waals surface area contributed by atoms with Crippen molar-refractivity contribution in [2.45, 2.75) is 25.6 Å². The van der Waals surface area contributed by atoms with Gasteiger partial charge in [0.05, 0.1) is 25.7 Å². The molecular weight excluding hydrogens is 148 g/mol. The average molecular weight is 160 g/mol. The highest BCUT2D eigenvalue weighted by Crippen LogP contribution is 2.10. The maximum absolute atomic E-state index is 10.2. The first-order chi connectivity index (χ1) is 5.18. The van der Waals surface area contributed by atoms with E-state index in [9.17, 15) is 4.79 Å². The normalized spacial score (nSPS) is 20.8. The summed E-state index contributed by atoms with van der Waals surface area (Å²) in [6.07, 6.45) is -0.0259. The largest absolute Gasteiger partial charge is 0.481 e. The molecule has 0 radical (unpaired) electrons. The summed E-state index contributed by atoms with van der Waals surface area (Å²) in [6, 6.07) is 0. The molecule has 1 aliphatic rings. The Morgan fingerprint density at radius 2 is 2.45 bits per heavy atom. The van der Waals surface area contributed by atoms with Crippen molar-refractivity contribution in [1.82, 2.24) is 0 Å². The molecule has 1 fully saturated rings. The van der Waals surface area contributed by atoms with E-state index in [-0.39, 0.29) is 18.6 Å². The van der Waals surface area contributed by atoms with Gasteiger partial charge in [0.15, 0.2) is 0 Å². The van der Waals surface area contributed by atoms with Crippen LogP contribution >= 0.6 is 0 Å². The van der Waals surface area contributed by atoms with Crippen molar-refractivity contribution in [2.75, 3.05) is 13.2 Å². The third kappa shape index (κ3) is 2.86. The summed E-state index contributed by atoms with van der Waals surface area (Å²) in [5.41, 5.74) is 0. The van der Waals surface area contributed by atoms with Crippen molar-refractivity contribution in [1.29, 1.82) is 0 Å². The predicted octanol–water partition coefficient (Wildman–Crippen LogP) is 0.265. The lowest BCUT2D eigenvalue weighted by molar-refractivity contribution is -0.161. The van der Waals surface area contributed by atoms with E-state index in [2.05, 4.69) is 0 Å². The zero-order chi connectivity index (χ0) is 8.27. The molecule has 0 aliphatic carbocycles. The van der Waals surface area contributed by atoms with Crippen LogP contribution in [0.15, 0.2) is 0 Å². The SMILES string of the molecule is C[C@H](CC(=O)O)OC1COC1. The third-order valence-corrected chi connectivity index (χ3v) is 1.49. The summed E-state index contributed by atoms with van der Waals surface area (Å²) < 4.78 is 10.2. The van der Waals surface area contributed by atoms with E-state index in [4.69, 9.17) is 14.6 Å². The number of carboxylic acid groups (broad SMARTS) is 1. The van der Waals surface area contributed by atoms with Gasteiger partial charge in [-0.2, -0.15) is 0 Å². The van der Waals surface area contributed by atoms with Crippen LogP contribution in [0.1, 0.15) is 13.3 Å². The van der Waals surface area contributed by atoms with Crippen molar-refractivity contribution in [2.24, 2.45) is 0 Å². The highest BCUT2D eigenvalue weighted by Gasteiger charge is 2.22. The number of carbonyl (C=O) groups is 1. The highest BCUT2D eigenvalue weighted by molar-refractivity contribution is 5.67. The first-order valence-corrected chi connectivity index (χ1v) is 3.63. The van der Waals surface area contributed by atoms with E-state index in [1.54, 1.807) is 6.92 Å². The molecule has 11 heavy (non-hydrogen) atoms. The minimum atomic E-state index is -0.822. The fraction of sp³-hybridized carbons (Fsp3) is 0.857. The highest BCUT2D eigenvalue weighted by atomic mass is 16.6. The van der Waals surface area contributed by atoms with E-state index in [1.807, 2.05) is 0 Å². The van der Waals surface area contributed by atoms with Crippen LogP contribution in [0.3, 0.4) is 0 Å². The van der Waals surface area contributed by atoms with Gasteiger partial charge in [0.25, 0.3) is 0 Å². The average Bonchev–Trinajstić information content (AvgIpc) is 1.77. The Hall–Kier alpha value is -0.610. The molecule has 0 aromatic carbocycles. The number of aliphatic carboxylic acids is 1. The lowest BCUT2D eigenvalue weighted by atomic mass is 10.2. The lowest BCUT2D eigenvalue weighted by Gasteiger charge is -2.28. The molecule has 1 saturated heterocycles. The molecule has 0 bridgehead atoms. The molecule has 0 saturated carbocycles. The second kappa shape index (κ2) is 3.69. The summed E-state index contributed by atoms with van der Waals surface area (Å²) in [5, 5.41) is 8.38. The second-order valence-corrected chi connectivity index (χ2v) is 2.70. The fourth-order valence-electron chi connectivity index (χ4n) is 0.915. The smallest absolute Gasteiger partial charge is 0.305 e. The van der Waals surface area contributed by atoms with E-state index >= 15 is 0 Å². The Morgan fingerprint density at radius 3 is 2.82 bits per heavy atom. The second-order valence-electron chi connectivity index (χ2n) is 2.70. The van der Waals surface area contributed by atoms with Crippen LogP contribution in [-0.4, -0.2) is 36.5 Å². The molecule has 0 spiro atoms. The van der Waals surface area contributed by atoms with Crippen molar-refractivity contribution in [3.8, 4) is 0 Å². The van der Waals surface area contributed by atoms with Gasteiger partial charge in [-0.15, -0.1) is 0 Å². The van der Waals surface area contributed by atoms with Crippen LogP contribution in [-0.2, 0) is 14.3 Å². The molecular formula is C7H12O4. The minimum Gasteiger partial charge on any atom is -0.481 e. The molecule has 64 valence electrons. The fourth-order valence-corrected chi connectivity index (χ4v) is 0.915. The van der Waals surface area contributed by atoms with Crippen molar-refractivity contribution in [3.63, 3.8) is 0 Å². The first kappa shape index (κ1) is 8.49. The molecule has 1 rings (SSSR count). The predicted molar refractivity (Wildman–Crippen MR) is 37.4 cm³/mol. The molecule has 0 aromatic heterocycles. The number of hydrogen-bond donors (Lipinski definition) is 1. The molecule has 1 aliphatic heterocycles. The van der Waals surface area contributed by atoms with Gasteiger partial charge in [-0.05, 0) is 6.92 Å². The standard InChI is InChI=1S/C7H12O4/c1-5(2-7(8)9)11-6-3-10-4-6/h5-6H,2-4H2,1H3,(H,8,9)/t5-/m1/s1. The Labute approximate surface area is 65.1 Å². The molecule has 1 N–H and O–H groups in total. The molecule has 1 atom stereocenters. The zero-order valence-corrected chi connectivity index (χ0v) is 6.45. The maximum Gasteiger partial charge on any atom is 0.305 e. The maximum atomic E-state index is 10.2. The number of hydrogen-bond acceptors (Lipinski definition) is 3. The Bertz CT molecular complexity index is 141. The van der Waals surface area contributed by atoms with Gasteiger partial charge in [0, 0.05) is 0 Å². The van der Waals surface area contributed by atoms with Crippen LogP contribution in [0.5, 0.6) is 0 Å². The molecule has 0 unspecified atom stereocenters. The van der Waals surface area contributed by atoms with Crippen LogP contribution < -0.4 is 0 Å². The summed E-state index contributed by atoms with van der Waals surface area (Å²) in [6.45, 7) is 2.96. The summed E-state index contributed by atoms with van der Waals surface area (Å²) in [4.78, 5) is 10.2. The van der Waals surface area contributed by atoms with Crippen LogP contribution in [0, 0.1) is 0 Å². The van der Waals surface area contributed by atoms with Crippen molar-refractivity contribution >= 4 is 5.97 Å². The Kier molecular flexibility index (Phi) is 2.84. The topological polar surface area (TPSA) is 55.8 Å². The van der Waals surface area contributed by atoms with Gasteiger partial charge in [0.1, 0.15) is 6.10 Å². The van der Waals surface area contributed by atoms with Crippen molar-refractivity contribution in [3.05, 3.63) is 0 Å². The van der Waals surface area contributed by atoms with Gasteiger partial charge in [0.2, 0.25) is 0 Å². The molecule has 4 heteroatoms. The van der Waals surface area contributed by atoms with E-state index in [0.717, 1.165) is 0 Å². The van der Waals surface area contributed by atoms with Gasteiger partial charge in [-0.1, -0.05) is 0 Å². The van der Waals surface area contributed by atoms with Crippen LogP contribution in [0.4, 0.5) is 0 Å². The van der Waals surface area contributed by atoms with Gasteiger partial charge in [-0.25, -0.2) is 0 Å². The lowest BCUT2D eigenvalue weighted by Crippen LogP contribution is -2.38. The van der Waals surface area contributed by atoms with E-state index in [0.29, 0.717) is 13.2 Å². The van der Waals surface area contributed by atoms with Gasteiger partial charge < -0.3 is 14.6 Å². The van der Waals surface area contributed by atoms with Crippen molar-refractivity contribution < 1.29 is 19.4 Å². The summed E-state index contributed by atoms with van der Waals surface area (Å²) in [5.74, 6) is -0.822. The zero-order valence-electron chi connectivity index (χ0n) is 6.45.